The minimum Gasteiger partial charge on any atom is -0.502 e. The third-order valence-corrected chi connectivity index (χ3v) is 5.65. The molecule has 1 aromatic carbocycles. The maximum atomic E-state index is 12.9. The summed E-state index contributed by atoms with van der Waals surface area (Å²) in [5, 5.41) is 15.0. The summed E-state index contributed by atoms with van der Waals surface area (Å²) in [7, 11) is 3.23. The van der Waals surface area contributed by atoms with Gasteiger partial charge in [0.05, 0.1) is 12.6 Å². The van der Waals surface area contributed by atoms with Crippen LogP contribution in [0.3, 0.4) is 0 Å². The molecule has 0 fully saturated rings. The molecule has 2 amide bonds. The highest BCUT2D eigenvalue weighted by atomic mass is 16.5. The third-order valence-electron chi connectivity index (χ3n) is 5.65. The Morgan fingerprint density at radius 2 is 2.07 bits per heavy atom. The molecule has 30 heavy (non-hydrogen) atoms. The van der Waals surface area contributed by atoms with Crippen molar-refractivity contribution in [2.45, 2.75) is 18.9 Å². The van der Waals surface area contributed by atoms with Gasteiger partial charge in [0.1, 0.15) is 12.2 Å². The van der Waals surface area contributed by atoms with Gasteiger partial charge in [-0.3, -0.25) is 24.1 Å². The Morgan fingerprint density at radius 1 is 1.30 bits per heavy atom. The number of aromatic nitrogens is 1. The second kappa shape index (κ2) is 7.83. The van der Waals surface area contributed by atoms with Crippen molar-refractivity contribution in [3.8, 4) is 5.75 Å². The zero-order valence-corrected chi connectivity index (χ0v) is 16.9. The smallest absolute Gasteiger partial charge is 0.277 e. The number of pyridine rings is 1. The summed E-state index contributed by atoms with van der Waals surface area (Å²) in [6, 6.07) is 7.67. The van der Waals surface area contributed by atoms with Crippen LogP contribution in [-0.2, 0) is 11.2 Å². The van der Waals surface area contributed by atoms with Crippen LogP contribution >= 0.6 is 0 Å². The molecule has 158 valence electrons. The van der Waals surface area contributed by atoms with E-state index in [-0.39, 0.29) is 24.0 Å². The van der Waals surface area contributed by atoms with E-state index in [1.54, 1.807) is 12.1 Å². The number of methoxy groups -OCH3 is 1. The molecule has 2 heterocycles. The van der Waals surface area contributed by atoms with Gasteiger partial charge >= 0.3 is 0 Å². The van der Waals surface area contributed by atoms with Crippen molar-refractivity contribution in [2.75, 3.05) is 39.0 Å². The number of ether oxygens (including phenoxy) is 1. The number of carbonyl (C=O) groups excluding carboxylic acids is 2. The summed E-state index contributed by atoms with van der Waals surface area (Å²) < 4.78 is 6.37. The van der Waals surface area contributed by atoms with E-state index in [4.69, 9.17) is 4.74 Å². The first kappa shape index (κ1) is 20.0. The van der Waals surface area contributed by atoms with Crippen molar-refractivity contribution < 1.29 is 19.4 Å². The number of hydrogen-bond acceptors (Lipinski definition) is 6. The monoisotopic (exact) mass is 412 g/mol. The topological polar surface area (TPSA) is 104 Å². The van der Waals surface area contributed by atoms with E-state index >= 15 is 0 Å². The zero-order chi connectivity index (χ0) is 21.4. The Bertz CT molecular complexity index is 1060. The van der Waals surface area contributed by atoms with Gasteiger partial charge in [-0.25, -0.2) is 0 Å². The van der Waals surface area contributed by atoms with Gasteiger partial charge < -0.3 is 20.1 Å². The predicted octanol–water partition coefficient (Wildman–Crippen LogP) is 0.599. The molecular weight excluding hydrogens is 388 g/mol. The first-order valence-corrected chi connectivity index (χ1v) is 9.79. The predicted molar refractivity (Wildman–Crippen MR) is 109 cm³/mol. The highest BCUT2D eigenvalue weighted by molar-refractivity contribution is 5.99. The third kappa shape index (κ3) is 3.30. The van der Waals surface area contributed by atoms with Crippen LogP contribution in [0.4, 0.5) is 0 Å². The minimum absolute atomic E-state index is 0.160. The molecule has 1 aliphatic heterocycles. The summed E-state index contributed by atoms with van der Waals surface area (Å²) in [6.45, 7) is 0.874. The first-order chi connectivity index (χ1) is 14.4. The lowest BCUT2D eigenvalue weighted by molar-refractivity contribution is 0.0628. The largest absolute Gasteiger partial charge is 0.502 e. The lowest BCUT2D eigenvalue weighted by atomic mass is 10.1. The van der Waals surface area contributed by atoms with Crippen LogP contribution in [-0.4, -0.2) is 60.5 Å². The van der Waals surface area contributed by atoms with Gasteiger partial charge in [-0.2, -0.15) is 0 Å². The Kier molecular flexibility index (Phi) is 5.21. The highest BCUT2D eigenvalue weighted by Gasteiger charge is 2.33. The van der Waals surface area contributed by atoms with Crippen molar-refractivity contribution >= 4 is 11.8 Å². The van der Waals surface area contributed by atoms with E-state index in [9.17, 15) is 19.5 Å². The van der Waals surface area contributed by atoms with E-state index in [1.807, 2.05) is 24.3 Å². The van der Waals surface area contributed by atoms with Gasteiger partial charge in [-0.1, -0.05) is 24.3 Å². The van der Waals surface area contributed by atoms with Crippen LogP contribution in [0.25, 0.3) is 0 Å². The SMILES string of the molecule is COCCN1CN(C)n2cc(C(=O)N[C@@H]3CCc4ccccc43)c(=O)c(O)c2C1=O. The van der Waals surface area contributed by atoms with E-state index in [0.29, 0.717) is 13.2 Å². The molecule has 2 N–H and O–H groups in total. The number of aromatic hydroxyl groups is 1. The van der Waals surface area contributed by atoms with Crippen molar-refractivity contribution in [2.24, 2.45) is 0 Å². The number of nitrogens with one attached hydrogen (secondary N) is 1. The van der Waals surface area contributed by atoms with Crippen LogP contribution < -0.4 is 15.8 Å². The second-order valence-corrected chi connectivity index (χ2v) is 7.54. The zero-order valence-electron chi connectivity index (χ0n) is 16.9. The molecule has 0 spiro atoms. The molecule has 1 aliphatic carbocycles. The average Bonchev–Trinajstić information content (AvgIpc) is 3.14. The van der Waals surface area contributed by atoms with Crippen molar-refractivity contribution in [3.05, 3.63) is 63.1 Å². The summed E-state index contributed by atoms with van der Waals surface area (Å²) >= 11 is 0. The fourth-order valence-electron chi connectivity index (χ4n) is 4.07. The molecule has 2 aliphatic rings. The number of aryl methyl sites for hydroxylation is 1. The van der Waals surface area contributed by atoms with Crippen LogP contribution in [0.2, 0.25) is 0 Å². The van der Waals surface area contributed by atoms with Crippen molar-refractivity contribution in [1.29, 1.82) is 0 Å². The Hall–Kier alpha value is -3.33. The minimum atomic E-state index is -0.861. The Balaban J connectivity index is 1.64. The first-order valence-electron chi connectivity index (χ1n) is 9.79. The van der Waals surface area contributed by atoms with Gasteiger partial charge in [0.2, 0.25) is 5.43 Å². The molecule has 9 heteroatoms. The van der Waals surface area contributed by atoms with Crippen LogP contribution in [0.15, 0.2) is 35.3 Å². The lowest BCUT2D eigenvalue weighted by Gasteiger charge is -2.37. The van der Waals surface area contributed by atoms with Gasteiger partial charge in [0, 0.05) is 26.9 Å². The number of nitrogens with zero attached hydrogens (tertiary/aromatic N) is 3. The van der Waals surface area contributed by atoms with Crippen molar-refractivity contribution in [3.63, 3.8) is 0 Å². The fraction of sp³-hybridized carbons (Fsp3) is 0.381. The molecule has 0 unspecified atom stereocenters. The van der Waals surface area contributed by atoms with Gasteiger partial charge in [0.15, 0.2) is 11.4 Å². The summed E-state index contributed by atoms with van der Waals surface area (Å²) in [5.41, 5.74) is 0.988. The highest BCUT2D eigenvalue weighted by Crippen LogP contribution is 2.31. The quantitative estimate of drug-likeness (QED) is 0.745. The molecule has 1 aromatic heterocycles. The standard InChI is InChI=1S/C21H24N4O5/c1-23-12-24(9-10-30-2)21(29)17-19(27)18(26)15(11-25(17)23)20(28)22-16-8-7-13-5-3-4-6-14(13)16/h3-6,11,16,27H,7-10,12H2,1-2H3,(H,22,28)/t16-/m1/s1. The fourth-order valence-corrected chi connectivity index (χ4v) is 4.07. The van der Waals surface area contributed by atoms with E-state index in [2.05, 4.69) is 5.32 Å². The number of benzene rings is 1. The number of fused-ring (bicyclic) bond motifs is 2. The molecule has 0 radical (unpaired) electrons. The van der Waals surface area contributed by atoms with Gasteiger partial charge in [-0.15, -0.1) is 0 Å². The molecule has 0 bridgehead atoms. The maximum absolute atomic E-state index is 12.9. The number of carbonyl (C=O) groups is 2. The normalized spacial score (nSPS) is 17.7. The molecule has 0 saturated carbocycles. The average molecular weight is 412 g/mol. The van der Waals surface area contributed by atoms with Gasteiger partial charge in [-0.05, 0) is 24.0 Å². The second-order valence-electron chi connectivity index (χ2n) is 7.54. The molecule has 4 rings (SSSR count). The van der Waals surface area contributed by atoms with Crippen LogP contribution in [0.5, 0.6) is 5.75 Å². The number of rotatable bonds is 5. The molecular formula is C21H24N4O5. The number of hydrogen-bond donors (Lipinski definition) is 2. The van der Waals surface area contributed by atoms with E-state index in [1.165, 1.54) is 28.4 Å². The van der Waals surface area contributed by atoms with E-state index in [0.717, 1.165) is 18.4 Å². The summed E-state index contributed by atoms with van der Waals surface area (Å²) in [4.78, 5) is 39.9. The summed E-state index contributed by atoms with van der Waals surface area (Å²) in [5.74, 6) is -1.79. The van der Waals surface area contributed by atoms with Gasteiger partial charge in [0.25, 0.3) is 11.8 Å². The number of amides is 2. The molecule has 1 atom stereocenters. The maximum Gasteiger partial charge on any atom is 0.277 e. The Morgan fingerprint density at radius 3 is 2.83 bits per heavy atom. The Labute approximate surface area is 173 Å². The van der Waals surface area contributed by atoms with Crippen LogP contribution in [0, 0.1) is 0 Å². The molecule has 9 nitrogen and oxygen atoms in total. The summed E-state index contributed by atoms with van der Waals surface area (Å²) in [6.07, 6.45) is 2.92. The van der Waals surface area contributed by atoms with Crippen LogP contribution in [0.1, 0.15) is 44.4 Å². The molecule has 2 aromatic rings. The van der Waals surface area contributed by atoms with E-state index < -0.39 is 23.0 Å². The lowest BCUT2D eigenvalue weighted by Crippen LogP contribution is -2.53. The molecule has 0 saturated heterocycles. The van der Waals surface area contributed by atoms with Crippen molar-refractivity contribution in [1.82, 2.24) is 14.9 Å².